The van der Waals surface area contributed by atoms with Crippen molar-refractivity contribution in [1.29, 1.82) is 0 Å². The molecule has 0 saturated carbocycles. The van der Waals surface area contributed by atoms with E-state index in [0.717, 1.165) is 48.3 Å². The smallest absolute Gasteiger partial charge is 0.109 e. The van der Waals surface area contributed by atoms with Crippen molar-refractivity contribution in [2.75, 3.05) is 20.1 Å². The lowest BCUT2D eigenvalue weighted by atomic mass is 9.96. The number of nitrogens with zero attached hydrogens (tertiary/aromatic N) is 2. The van der Waals surface area contributed by atoms with Crippen LogP contribution in [-0.4, -0.2) is 35.6 Å². The number of halogens is 1. The van der Waals surface area contributed by atoms with Crippen molar-refractivity contribution in [2.45, 2.75) is 52.6 Å². The van der Waals surface area contributed by atoms with Gasteiger partial charge in [0.2, 0.25) is 0 Å². The van der Waals surface area contributed by atoms with Gasteiger partial charge in [0.05, 0.1) is 5.70 Å². The van der Waals surface area contributed by atoms with Gasteiger partial charge in [-0.3, -0.25) is 0 Å². The maximum atomic E-state index is 14.0. The predicted octanol–water partition coefficient (Wildman–Crippen LogP) is 6.34. The fourth-order valence-corrected chi connectivity index (χ4v) is 3.64. The van der Waals surface area contributed by atoms with Crippen LogP contribution >= 0.6 is 0 Å². The summed E-state index contributed by atoms with van der Waals surface area (Å²) in [6.07, 6.45) is 6.66. The van der Waals surface area contributed by atoms with Crippen LogP contribution in [0.1, 0.15) is 51.7 Å². The molecule has 0 spiro atoms. The van der Waals surface area contributed by atoms with Crippen LogP contribution in [0.5, 0.6) is 0 Å². The Kier molecular flexibility index (Phi) is 7.29. The first-order valence-corrected chi connectivity index (χ1v) is 10.1. The molecule has 2 rings (SSSR count). The van der Waals surface area contributed by atoms with E-state index >= 15 is 0 Å². The molecule has 0 bridgehead atoms. The molecular weight excluding hydrogens is 347 g/mol. The summed E-state index contributed by atoms with van der Waals surface area (Å²) in [6, 6.07) is 8.02. The van der Waals surface area contributed by atoms with E-state index in [0.29, 0.717) is 6.42 Å². The largest absolute Gasteiger partial charge is 0.373 e. The number of allylic oxidation sites excluding steroid dienone is 5. The van der Waals surface area contributed by atoms with Gasteiger partial charge >= 0.3 is 0 Å². The van der Waals surface area contributed by atoms with Crippen LogP contribution < -0.4 is 0 Å². The van der Waals surface area contributed by atoms with Crippen LogP contribution in [-0.2, 0) is 6.42 Å². The maximum absolute atomic E-state index is 14.0. The zero-order chi connectivity index (χ0) is 20.9. The van der Waals surface area contributed by atoms with Crippen molar-refractivity contribution in [2.24, 2.45) is 0 Å². The minimum Gasteiger partial charge on any atom is -0.373 e. The highest BCUT2D eigenvalue weighted by Gasteiger charge is 2.19. The fraction of sp³-hybridized carbons (Fsp3) is 0.440. The summed E-state index contributed by atoms with van der Waals surface area (Å²) in [5.41, 5.74) is 5.30. The molecule has 0 aliphatic carbocycles. The topological polar surface area (TPSA) is 6.48 Å². The highest BCUT2D eigenvalue weighted by atomic mass is 19.1. The third-order valence-electron chi connectivity index (χ3n) is 5.22. The highest BCUT2D eigenvalue weighted by Crippen LogP contribution is 2.26. The van der Waals surface area contributed by atoms with Gasteiger partial charge in [0.15, 0.2) is 0 Å². The van der Waals surface area contributed by atoms with Crippen LogP contribution in [0.15, 0.2) is 66.7 Å². The van der Waals surface area contributed by atoms with Gasteiger partial charge in [0.1, 0.15) is 5.67 Å². The van der Waals surface area contributed by atoms with Crippen LogP contribution in [0.2, 0.25) is 0 Å². The second-order valence-electron chi connectivity index (χ2n) is 8.27. The Morgan fingerprint density at radius 1 is 1.25 bits per heavy atom. The van der Waals surface area contributed by atoms with Gasteiger partial charge in [-0.1, -0.05) is 50.4 Å². The van der Waals surface area contributed by atoms with E-state index in [4.69, 9.17) is 0 Å². The van der Waals surface area contributed by atoms with Gasteiger partial charge < -0.3 is 9.80 Å². The number of benzene rings is 1. The molecule has 0 radical (unpaired) electrons. The van der Waals surface area contributed by atoms with Gasteiger partial charge in [-0.25, -0.2) is 4.39 Å². The number of alkyl halides is 1. The summed E-state index contributed by atoms with van der Waals surface area (Å²) >= 11 is 0. The highest BCUT2D eigenvalue weighted by molar-refractivity contribution is 5.73. The van der Waals surface area contributed by atoms with Gasteiger partial charge in [0, 0.05) is 38.0 Å². The molecule has 2 nitrogen and oxygen atoms in total. The molecular formula is C25H35FN2. The molecule has 1 heterocycles. The molecule has 1 aliphatic heterocycles. The molecule has 3 heteroatoms. The number of likely N-dealkylation sites (N-methyl/N-ethyl adjacent to an activating group) is 1. The van der Waals surface area contributed by atoms with Crippen molar-refractivity contribution in [3.63, 3.8) is 0 Å². The summed E-state index contributed by atoms with van der Waals surface area (Å²) in [5, 5.41) is 0. The van der Waals surface area contributed by atoms with Crippen molar-refractivity contribution in [3.8, 4) is 0 Å². The molecule has 152 valence electrons. The van der Waals surface area contributed by atoms with E-state index in [9.17, 15) is 4.39 Å². The molecule has 0 saturated heterocycles. The van der Waals surface area contributed by atoms with Crippen molar-refractivity contribution in [3.05, 3.63) is 77.8 Å². The zero-order valence-corrected chi connectivity index (χ0v) is 18.2. The summed E-state index contributed by atoms with van der Waals surface area (Å²) in [5.74, 6) is 0. The molecule has 28 heavy (non-hydrogen) atoms. The lowest BCUT2D eigenvalue weighted by Gasteiger charge is -2.27. The monoisotopic (exact) mass is 382 g/mol. The normalized spacial score (nSPS) is 15.9. The third-order valence-corrected chi connectivity index (χ3v) is 5.22. The van der Waals surface area contributed by atoms with Crippen LogP contribution in [0.25, 0.3) is 5.57 Å². The summed E-state index contributed by atoms with van der Waals surface area (Å²) < 4.78 is 14.0. The summed E-state index contributed by atoms with van der Waals surface area (Å²) in [4.78, 5) is 4.62. The van der Waals surface area contributed by atoms with Crippen molar-refractivity contribution >= 4 is 5.57 Å². The molecule has 0 aromatic heterocycles. The lowest BCUT2D eigenvalue weighted by molar-refractivity contribution is 0.217. The molecule has 1 aromatic carbocycles. The van der Waals surface area contributed by atoms with Gasteiger partial charge in [-0.2, -0.15) is 0 Å². The first kappa shape index (κ1) is 22.0. The second-order valence-corrected chi connectivity index (χ2v) is 8.27. The predicted molar refractivity (Wildman–Crippen MR) is 120 cm³/mol. The van der Waals surface area contributed by atoms with Crippen LogP contribution in [0.3, 0.4) is 0 Å². The van der Waals surface area contributed by atoms with Gasteiger partial charge in [-0.05, 0) is 56.4 Å². The van der Waals surface area contributed by atoms with Crippen LogP contribution in [0, 0.1) is 0 Å². The number of hydrogen-bond acceptors (Lipinski definition) is 2. The maximum Gasteiger partial charge on any atom is 0.109 e. The van der Waals surface area contributed by atoms with Crippen molar-refractivity contribution in [1.82, 2.24) is 9.80 Å². The first-order valence-electron chi connectivity index (χ1n) is 10.1. The van der Waals surface area contributed by atoms with E-state index in [-0.39, 0.29) is 0 Å². The van der Waals surface area contributed by atoms with Crippen molar-refractivity contribution < 1.29 is 4.39 Å². The number of hydrogen-bond donors (Lipinski definition) is 0. The van der Waals surface area contributed by atoms with E-state index < -0.39 is 5.67 Å². The Morgan fingerprint density at radius 2 is 1.96 bits per heavy atom. The van der Waals surface area contributed by atoms with E-state index in [2.05, 4.69) is 56.0 Å². The molecule has 0 atom stereocenters. The van der Waals surface area contributed by atoms with E-state index in [1.165, 1.54) is 11.4 Å². The molecule has 0 amide bonds. The Hall–Kier alpha value is -2.29. The van der Waals surface area contributed by atoms with Crippen LogP contribution in [0.4, 0.5) is 4.39 Å². The minimum atomic E-state index is -1.22. The Labute approximate surface area is 170 Å². The average molecular weight is 383 g/mol. The second kappa shape index (κ2) is 9.27. The lowest BCUT2D eigenvalue weighted by Crippen LogP contribution is -2.21. The Morgan fingerprint density at radius 3 is 2.61 bits per heavy atom. The zero-order valence-electron chi connectivity index (χ0n) is 18.2. The van der Waals surface area contributed by atoms with Gasteiger partial charge in [-0.15, -0.1) is 0 Å². The summed E-state index contributed by atoms with van der Waals surface area (Å²) in [6.45, 7) is 18.0. The van der Waals surface area contributed by atoms with E-state index in [1.54, 1.807) is 13.8 Å². The quantitative estimate of drug-likeness (QED) is 0.508. The fourth-order valence-electron chi connectivity index (χ4n) is 3.64. The molecule has 0 N–H and O–H groups in total. The number of rotatable bonds is 7. The molecule has 1 aliphatic rings. The molecule has 0 fully saturated rings. The third kappa shape index (κ3) is 5.85. The average Bonchev–Trinajstić information content (AvgIpc) is 2.76. The standard InChI is InChI=1S/C25H35FN2/c1-8-20(3)28-16-10-15-27(7)24(21(28)4)14-13-19(2)23-12-9-11-22(17-23)18-25(5,6)26/h9,11-14,17H,2-3,8,10,15-16,18H2,1,4-7H3/b14-13-. The minimum absolute atomic E-state index is 0.402. The van der Waals surface area contributed by atoms with E-state index in [1.807, 2.05) is 24.3 Å². The Bertz CT molecular complexity index is 780. The first-order chi connectivity index (χ1) is 13.1. The summed E-state index contributed by atoms with van der Waals surface area (Å²) in [7, 11) is 2.13. The SMILES string of the molecule is C=C(/C=C\C1=C(C)N(C(=C)CC)CCCN1C)c1cccc(CC(C)(C)F)c1. The molecule has 0 unspecified atom stereocenters. The Balaban J connectivity index is 2.26. The molecule has 1 aromatic rings. The van der Waals surface area contributed by atoms with Gasteiger partial charge in [0.25, 0.3) is 0 Å².